The molecular formula is C21H18ClN5S. The van der Waals surface area contributed by atoms with Crippen molar-refractivity contribution in [2.75, 3.05) is 5.32 Å². The molecule has 0 bridgehead atoms. The Labute approximate surface area is 172 Å². The molecule has 2 aromatic carbocycles. The second-order valence-corrected chi connectivity index (χ2v) is 8.20. The van der Waals surface area contributed by atoms with Crippen molar-refractivity contribution < 1.29 is 0 Å². The first-order chi connectivity index (χ1) is 13.7. The molecule has 1 aliphatic rings. The molecule has 5 nitrogen and oxygen atoms in total. The second-order valence-electron chi connectivity index (χ2n) is 6.88. The van der Waals surface area contributed by atoms with Gasteiger partial charge in [-0.25, -0.2) is 0 Å². The summed E-state index contributed by atoms with van der Waals surface area (Å²) in [4.78, 5) is 5.40. The number of thiazole rings is 1. The van der Waals surface area contributed by atoms with E-state index in [1.165, 1.54) is 11.1 Å². The van der Waals surface area contributed by atoms with E-state index in [-0.39, 0.29) is 6.04 Å². The monoisotopic (exact) mass is 407 g/mol. The molecule has 0 aliphatic carbocycles. The van der Waals surface area contributed by atoms with Crippen molar-refractivity contribution in [3.05, 3.63) is 76.4 Å². The number of nitrogens with one attached hydrogen (secondary N) is 1. The minimum absolute atomic E-state index is 0.158. The Bertz CT molecular complexity index is 1120. The molecule has 4 aromatic rings. The summed E-state index contributed by atoms with van der Waals surface area (Å²) >= 11 is 7.70. The maximum atomic E-state index is 6.05. The minimum atomic E-state index is 0.158. The second kappa shape index (κ2) is 7.04. The summed E-state index contributed by atoms with van der Waals surface area (Å²) in [6, 6.07) is 14.6. The standard InChI is InChI=1S/C21H18ClN5S/c1-13-25-26-21-9-7-18(24-16-5-3-15(22)4-6-16)17-10-14(20-11-23-12-28-20)2-8-19(17)27(13)21/h2-6,8,10-12,18,24H,7,9H2,1H3. The summed E-state index contributed by atoms with van der Waals surface area (Å²) in [6.07, 6.45) is 3.71. The predicted molar refractivity (Wildman–Crippen MR) is 113 cm³/mol. The number of fused-ring (bicyclic) bond motifs is 3. The molecule has 5 rings (SSSR count). The summed E-state index contributed by atoms with van der Waals surface area (Å²) in [7, 11) is 0. The van der Waals surface area contributed by atoms with Gasteiger partial charge in [0.1, 0.15) is 11.6 Å². The number of halogens is 1. The quantitative estimate of drug-likeness (QED) is 0.490. The van der Waals surface area contributed by atoms with Crippen LogP contribution in [0.4, 0.5) is 5.69 Å². The van der Waals surface area contributed by atoms with Crippen molar-refractivity contribution >= 4 is 28.6 Å². The first kappa shape index (κ1) is 17.4. The molecular weight excluding hydrogens is 390 g/mol. The number of hydrogen-bond acceptors (Lipinski definition) is 5. The minimum Gasteiger partial charge on any atom is -0.378 e. The highest BCUT2D eigenvalue weighted by Gasteiger charge is 2.25. The highest BCUT2D eigenvalue weighted by Crippen LogP contribution is 2.36. The fourth-order valence-corrected chi connectivity index (χ4v) is 4.50. The van der Waals surface area contributed by atoms with E-state index >= 15 is 0 Å². The molecule has 1 aliphatic heterocycles. The average molecular weight is 408 g/mol. The molecule has 0 saturated heterocycles. The lowest BCUT2D eigenvalue weighted by atomic mass is 9.98. The van der Waals surface area contributed by atoms with Crippen LogP contribution in [0.2, 0.25) is 5.02 Å². The van der Waals surface area contributed by atoms with Gasteiger partial charge in [-0.2, -0.15) is 0 Å². The van der Waals surface area contributed by atoms with Crippen molar-refractivity contribution in [3.8, 4) is 16.1 Å². The third-order valence-corrected chi connectivity index (χ3v) is 6.17. The van der Waals surface area contributed by atoms with Gasteiger partial charge in [0, 0.05) is 23.3 Å². The van der Waals surface area contributed by atoms with Crippen LogP contribution in [0.1, 0.15) is 29.7 Å². The number of nitrogens with zero attached hydrogens (tertiary/aromatic N) is 4. The summed E-state index contributed by atoms with van der Waals surface area (Å²) in [5.74, 6) is 1.92. The number of aromatic nitrogens is 4. The zero-order valence-corrected chi connectivity index (χ0v) is 16.8. The van der Waals surface area contributed by atoms with Gasteiger partial charge >= 0.3 is 0 Å². The third kappa shape index (κ3) is 3.08. The van der Waals surface area contributed by atoms with Crippen LogP contribution >= 0.6 is 22.9 Å². The van der Waals surface area contributed by atoms with Crippen molar-refractivity contribution in [2.24, 2.45) is 0 Å². The summed E-state index contributed by atoms with van der Waals surface area (Å²) < 4.78 is 2.18. The number of hydrogen-bond donors (Lipinski definition) is 1. The molecule has 3 heterocycles. The van der Waals surface area contributed by atoms with Crippen LogP contribution in [0.3, 0.4) is 0 Å². The normalized spacial score (nSPS) is 15.6. The maximum absolute atomic E-state index is 6.05. The first-order valence-corrected chi connectivity index (χ1v) is 10.4. The van der Waals surface area contributed by atoms with E-state index in [0.29, 0.717) is 0 Å². The van der Waals surface area contributed by atoms with E-state index in [0.717, 1.165) is 45.8 Å². The molecule has 1 unspecified atom stereocenters. The van der Waals surface area contributed by atoms with E-state index in [4.69, 9.17) is 11.6 Å². The van der Waals surface area contributed by atoms with E-state index in [9.17, 15) is 0 Å². The van der Waals surface area contributed by atoms with Gasteiger partial charge in [0.25, 0.3) is 0 Å². The van der Waals surface area contributed by atoms with Crippen molar-refractivity contribution in [1.82, 2.24) is 19.7 Å². The molecule has 0 fully saturated rings. The largest absolute Gasteiger partial charge is 0.378 e. The van der Waals surface area contributed by atoms with Crippen LogP contribution in [0, 0.1) is 6.92 Å². The Kier molecular flexibility index (Phi) is 4.37. The predicted octanol–water partition coefficient (Wildman–Crippen LogP) is 5.45. The Morgan fingerprint density at radius 2 is 2.00 bits per heavy atom. The fourth-order valence-electron chi connectivity index (χ4n) is 3.76. The van der Waals surface area contributed by atoms with E-state index < -0.39 is 0 Å². The van der Waals surface area contributed by atoms with Crippen molar-refractivity contribution in [2.45, 2.75) is 25.8 Å². The lowest BCUT2D eigenvalue weighted by molar-refractivity contribution is 0.686. The molecule has 1 atom stereocenters. The van der Waals surface area contributed by atoms with E-state index in [1.54, 1.807) is 11.3 Å². The smallest absolute Gasteiger partial charge is 0.137 e. The highest BCUT2D eigenvalue weighted by atomic mass is 35.5. The highest BCUT2D eigenvalue weighted by molar-refractivity contribution is 7.13. The first-order valence-electron chi connectivity index (χ1n) is 9.15. The average Bonchev–Trinajstić information content (AvgIpc) is 3.33. The van der Waals surface area contributed by atoms with Crippen molar-refractivity contribution in [3.63, 3.8) is 0 Å². The van der Waals surface area contributed by atoms with Gasteiger partial charge < -0.3 is 5.32 Å². The van der Waals surface area contributed by atoms with Gasteiger partial charge in [0.2, 0.25) is 0 Å². The van der Waals surface area contributed by atoms with Gasteiger partial charge in [-0.15, -0.1) is 21.5 Å². The fraction of sp³-hybridized carbons (Fsp3) is 0.190. The van der Waals surface area contributed by atoms with Crippen LogP contribution in [0.15, 0.2) is 54.2 Å². The third-order valence-electron chi connectivity index (χ3n) is 5.09. The molecule has 140 valence electrons. The maximum Gasteiger partial charge on any atom is 0.137 e. The molecule has 2 aromatic heterocycles. The van der Waals surface area contributed by atoms with Crippen LogP contribution in [-0.4, -0.2) is 19.7 Å². The zero-order chi connectivity index (χ0) is 19.1. The SMILES string of the molecule is Cc1nnc2n1-c1ccc(-c3cncs3)cc1C(Nc1ccc(Cl)cc1)CC2. The number of rotatable bonds is 3. The van der Waals surface area contributed by atoms with Crippen LogP contribution in [-0.2, 0) is 6.42 Å². The zero-order valence-electron chi connectivity index (χ0n) is 15.3. The van der Waals surface area contributed by atoms with Crippen LogP contribution < -0.4 is 5.32 Å². The molecule has 28 heavy (non-hydrogen) atoms. The number of benzene rings is 2. The van der Waals surface area contributed by atoms with Gasteiger partial charge in [0.15, 0.2) is 0 Å². The molecule has 0 radical (unpaired) electrons. The summed E-state index contributed by atoms with van der Waals surface area (Å²) in [5.41, 5.74) is 6.47. The summed E-state index contributed by atoms with van der Waals surface area (Å²) in [5, 5.41) is 13.1. The van der Waals surface area contributed by atoms with Crippen LogP contribution in [0.25, 0.3) is 16.1 Å². The Hall–Kier alpha value is -2.70. The van der Waals surface area contributed by atoms with Crippen molar-refractivity contribution in [1.29, 1.82) is 0 Å². The molecule has 0 spiro atoms. The van der Waals surface area contributed by atoms with Gasteiger partial charge in [-0.05, 0) is 60.9 Å². The number of anilines is 1. The van der Waals surface area contributed by atoms with E-state index in [1.807, 2.05) is 42.9 Å². The molecule has 0 saturated carbocycles. The van der Waals surface area contributed by atoms with Gasteiger partial charge in [0.05, 0.1) is 22.1 Å². The molecule has 0 amide bonds. The lowest BCUT2D eigenvalue weighted by Crippen LogP contribution is -2.12. The molecule has 1 N–H and O–H groups in total. The Balaban J connectivity index is 1.62. The van der Waals surface area contributed by atoms with Gasteiger partial charge in [-0.3, -0.25) is 9.55 Å². The van der Waals surface area contributed by atoms with E-state index in [2.05, 4.69) is 43.3 Å². The van der Waals surface area contributed by atoms with Gasteiger partial charge in [-0.1, -0.05) is 17.7 Å². The number of aryl methyl sites for hydroxylation is 2. The summed E-state index contributed by atoms with van der Waals surface area (Å²) in [6.45, 7) is 2.00. The molecule has 7 heteroatoms. The Morgan fingerprint density at radius 3 is 2.79 bits per heavy atom. The lowest BCUT2D eigenvalue weighted by Gasteiger charge is -2.22. The topological polar surface area (TPSA) is 55.6 Å². The Morgan fingerprint density at radius 1 is 1.14 bits per heavy atom. The van der Waals surface area contributed by atoms with Crippen LogP contribution in [0.5, 0.6) is 0 Å².